The summed E-state index contributed by atoms with van der Waals surface area (Å²) in [4.78, 5) is 4.15. The summed E-state index contributed by atoms with van der Waals surface area (Å²) in [6.45, 7) is 2.91. The van der Waals surface area contributed by atoms with Crippen LogP contribution in [0.5, 0.6) is 0 Å². The van der Waals surface area contributed by atoms with E-state index >= 15 is 0 Å². The van der Waals surface area contributed by atoms with Gasteiger partial charge in [-0.25, -0.2) is 0 Å². The maximum atomic E-state index is 6.27. The third kappa shape index (κ3) is 3.02. The van der Waals surface area contributed by atoms with Crippen molar-refractivity contribution in [3.8, 4) is 0 Å². The summed E-state index contributed by atoms with van der Waals surface area (Å²) in [5.74, 6) is 0. The molecular weight excluding hydrogens is 267 g/mol. The zero-order valence-corrected chi connectivity index (χ0v) is 11.5. The maximum absolute atomic E-state index is 6.27. The van der Waals surface area contributed by atoms with Crippen molar-refractivity contribution in [2.24, 2.45) is 0 Å². The molecule has 0 unspecified atom stereocenters. The van der Waals surface area contributed by atoms with Gasteiger partial charge >= 0.3 is 0 Å². The first-order chi connectivity index (χ1) is 8.72. The number of benzene rings is 1. The molecule has 0 bridgehead atoms. The van der Waals surface area contributed by atoms with Crippen LogP contribution in [0.1, 0.15) is 24.1 Å². The smallest absolute Gasteiger partial charge is 0.0606 e. The Kier molecular flexibility index (Phi) is 4.59. The minimum atomic E-state index is 0.0356. The standard InChI is InChI=1S/C14H14Cl2N2/c1-2-18-14(10-4-3-7-17-9-10)12-6-5-11(15)8-13(12)16/h3-9,14,18H,2H2,1H3/t14-/m1/s1. The van der Waals surface area contributed by atoms with Gasteiger partial charge in [-0.1, -0.05) is 42.3 Å². The van der Waals surface area contributed by atoms with Crippen LogP contribution in [-0.4, -0.2) is 11.5 Å². The third-order valence-electron chi connectivity index (χ3n) is 2.70. The van der Waals surface area contributed by atoms with E-state index in [0.717, 1.165) is 17.7 Å². The highest BCUT2D eigenvalue weighted by atomic mass is 35.5. The molecule has 0 saturated carbocycles. The number of nitrogens with zero attached hydrogens (tertiary/aromatic N) is 1. The molecule has 94 valence electrons. The second kappa shape index (κ2) is 6.19. The lowest BCUT2D eigenvalue weighted by atomic mass is 10.00. The summed E-state index contributed by atoms with van der Waals surface area (Å²) in [5.41, 5.74) is 2.10. The molecule has 4 heteroatoms. The minimum Gasteiger partial charge on any atom is -0.306 e. The molecule has 0 amide bonds. The van der Waals surface area contributed by atoms with Crippen LogP contribution in [0.25, 0.3) is 0 Å². The molecule has 0 radical (unpaired) electrons. The molecule has 1 atom stereocenters. The molecule has 1 heterocycles. The van der Waals surface area contributed by atoms with E-state index in [1.165, 1.54) is 0 Å². The molecule has 0 aliphatic heterocycles. The zero-order valence-electron chi connectivity index (χ0n) is 10.0. The van der Waals surface area contributed by atoms with Crippen molar-refractivity contribution in [3.05, 3.63) is 63.9 Å². The lowest BCUT2D eigenvalue weighted by molar-refractivity contribution is 0.629. The molecule has 18 heavy (non-hydrogen) atoms. The van der Waals surface area contributed by atoms with E-state index in [4.69, 9.17) is 23.2 Å². The van der Waals surface area contributed by atoms with Crippen LogP contribution in [0.2, 0.25) is 10.0 Å². The van der Waals surface area contributed by atoms with Crippen molar-refractivity contribution in [1.29, 1.82) is 0 Å². The second-order valence-corrected chi connectivity index (χ2v) is 4.79. The molecule has 2 nitrogen and oxygen atoms in total. The topological polar surface area (TPSA) is 24.9 Å². The predicted octanol–water partition coefficient (Wildman–Crippen LogP) is 4.09. The average molecular weight is 281 g/mol. The quantitative estimate of drug-likeness (QED) is 0.913. The fourth-order valence-corrected chi connectivity index (χ4v) is 2.41. The fourth-order valence-electron chi connectivity index (χ4n) is 1.89. The Bertz CT molecular complexity index is 514. The van der Waals surface area contributed by atoms with Crippen LogP contribution in [0, 0.1) is 0 Å². The lowest BCUT2D eigenvalue weighted by Crippen LogP contribution is -2.22. The van der Waals surface area contributed by atoms with E-state index in [1.807, 2.05) is 30.5 Å². The average Bonchev–Trinajstić information content (AvgIpc) is 2.38. The highest BCUT2D eigenvalue weighted by Gasteiger charge is 2.16. The third-order valence-corrected chi connectivity index (χ3v) is 3.26. The van der Waals surface area contributed by atoms with Gasteiger partial charge in [0.1, 0.15) is 0 Å². The maximum Gasteiger partial charge on any atom is 0.0606 e. The highest BCUT2D eigenvalue weighted by molar-refractivity contribution is 6.35. The molecular formula is C14H14Cl2N2. The Balaban J connectivity index is 2.41. The summed E-state index contributed by atoms with van der Waals surface area (Å²) < 4.78 is 0. The van der Waals surface area contributed by atoms with E-state index in [0.29, 0.717) is 10.0 Å². The van der Waals surface area contributed by atoms with Gasteiger partial charge in [-0.2, -0.15) is 0 Å². The van der Waals surface area contributed by atoms with Crippen molar-refractivity contribution >= 4 is 23.2 Å². The van der Waals surface area contributed by atoms with E-state index in [9.17, 15) is 0 Å². The van der Waals surface area contributed by atoms with E-state index in [-0.39, 0.29) is 6.04 Å². The summed E-state index contributed by atoms with van der Waals surface area (Å²) in [6.07, 6.45) is 3.61. The SMILES string of the molecule is CCN[C@H](c1cccnc1)c1ccc(Cl)cc1Cl. The zero-order chi connectivity index (χ0) is 13.0. The monoisotopic (exact) mass is 280 g/mol. The van der Waals surface area contributed by atoms with Crippen molar-refractivity contribution in [3.63, 3.8) is 0 Å². The highest BCUT2D eigenvalue weighted by Crippen LogP contribution is 2.30. The van der Waals surface area contributed by atoms with E-state index < -0.39 is 0 Å². The number of hydrogen-bond donors (Lipinski definition) is 1. The molecule has 0 aliphatic rings. The Morgan fingerprint density at radius 2 is 2.11 bits per heavy atom. The Labute approximate surface area is 117 Å². The first kappa shape index (κ1) is 13.3. The van der Waals surface area contributed by atoms with Crippen molar-refractivity contribution < 1.29 is 0 Å². The van der Waals surface area contributed by atoms with Gasteiger partial charge in [0.2, 0.25) is 0 Å². The fraction of sp³-hybridized carbons (Fsp3) is 0.214. The van der Waals surface area contributed by atoms with Crippen LogP contribution in [-0.2, 0) is 0 Å². The van der Waals surface area contributed by atoms with Crippen molar-refractivity contribution in [1.82, 2.24) is 10.3 Å². The van der Waals surface area contributed by atoms with Gasteiger partial charge in [0, 0.05) is 22.4 Å². The van der Waals surface area contributed by atoms with Crippen LogP contribution < -0.4 is 5.32 Å². The first-order valence-corrected chi connectivity index (χ1v) is 6.56. The van der Waals surface area contributed by atoms with Crippen molar-refractivity contribution in [2.45, 2.75) is 13.0 Å². The molecule has 0 aliphatic carbocycles. The van der Waals surface area contributed by atoms with Gasteiger partial charge in [0.25, 0.3) is 0 Å². The number of pyridine rings is 1. The summed E-state index contributed by atoms with van der Waals surface area (Å²) in [6, 6.07) is 9.55. The summed E-state index contributed by atoms with van der Waals surface area (Å²) in [5, 5.41) is 4.72. The summed E-state index contributed by atoms with van der Waals surface area (Å²) in [7, 11) is 0. The number of halogens is 2. The predicted molar refractivity (Wildman–Crippen MR) is 76.2 cm³/mol. The van der Waals surface area contributed by atoms with Gasteiger partial charge in [-0.15, -0.1) is 0 Å². The second-order valence-electron chi connectivity index (χ2n) is 3.94. The molecule has 2 aromatic rings. The number of nitrogens with one attached hydrogen (secondary N) is 1. The van der Waals surface area contributed by atoms with Crippen LogP contribution in [0.3, 0.4) is 0 Å². The van der Waals surface area contributed by atoms with E-state index in [2.05, 4.69) is 17.2 Å². The number of aromatic nitrogens is 1. The molecule has 1 N–H and O–H groups in total. The Hall–Kier alpha value is -1.09. The van der Waals surface area contributed by atoms with Crippen LogP contribution in [0.4, 0.5) is 0 Å². The lowest BCUT2D eigenvalue weighted by Gasteiger charge is -2.19. The molecule has 2 rings (SSSR count). The van der Waals surface area contributed by atoms with Gasteiger partial charge in [-0.3, -0.25) is 4.98 Å². The largest absolute Gasteiger partial charge is 0.306 e. The molecule has 0 saturated heterocycles. The molecule has 0 fully saturated rings. The number of rotatable bonds is 4. The van der Waals surface area contributed by atoms with Gasteiger partial charge in [0.15, 0.2) is 0 Å². The number of hydrogen-bond acceptors (Lipinski definition) is 2. The normalized spacial score (nSPS) is 12.4. The van der Waals surface area contributed by atoms with Crippen LogP contribution in [0.15, 0.2) is 42.7 Å². The first-order valence-electron chi connectivity index (χ1n) is 5.80. The Morgan fingerprint density at radius 1 is 1.28 bits per heavy atom. The summed E-state index contributed by atoms with van der Waals surface area (Å²) >= 11 is 12.2. The molecule has 0 spiro atoms. The van der Waals surface area contributed by atoms with Gasteiger partial charge in [-0.05, 0) is 35.9 Å². The Morgan fingerprint density at radius 3 is 2.72 bits per heavy atom. The molecule has 1 aromatic carbocycles. The van der Waals surface area contributed by atoms with E-state index in [1.54, 1.807) is 12.3 Å². The molecule has 1 aromatic heterocycles. The van der Waals surface area contributed by atoms with Crippen molar-refractivity contribution in [2.75, 3.05) is 6.54 Å². The minimum absolute atomic E-state index is 0.0356. The van der Waals surface area contributed by atoms with Gasteiger partial charge < -0.3 is 5.32 Å². The van der Waals surface area contributed by atoms with Gasteiger partial charge in [0.05, 0.1) is 6.04 Å². The van der Waals surface area contributed by atoms with Crippen LogP contribution >= 0.6 is 23.2 Å².